The molecule has 0 N–H and O–H groups in total. The van der Waals surface area contributed by atoms with Crippen LogP contribution in [0.3, 0.4) is 0 Å². The lowest BCUT2D eigenvalue weighted by Crippen LogP contribution is -2.11. The van der Waals surface area contributed by atoms with Crippen LogP contribution in [0.1, 0.15) is 28.4 Å². The summed E-state index contributed by atoms with van der Waals surface area (Å²) in [6.45, 7) is 2.00. The van der Waals surface area contributed by atoms with Crippen molar-refractivity contribution in [3.63, 3.8) is 0 Å². The molecule has 0 radical (unpaired) electrons. The molecule has 2 rings (SSSR count). The number of carbonyl (C=O) groups is 1. The second-order valence-corrected chi connectivity index (χ2v) is 5.47. The maximum atomic E-state index is 12.3. The average Bonchev–Trinajstić information content (AvgIpc) is 2.65. The maximum Gasteiger partial charge on any atom is 0.338 e. The van der Waals surface area contributed by atoms with E-state index in [2.05, 4.69) is 0 Å². The van der Waals surface area contributed by atoms with Gasteiger partial charge in [0.05, 0.1) is 31.3 Å². The van der Waals surface area contributed by atoms with Crippen molar-refractivity contribution >= 4 is 11.7 Å². The zero-order valence-electron chi connectivity index (χ0n) is 15.0. The normalized spacial score (nSPS) is 10.3. The van der Waals surface area contributed by atoms with Gasteiger partial charge in [0, 0.05) is 17.7 Å². The maximum absolute atomic E-state index is 12.3. The molecule has 0 aliphatic rings. The molecule has 0 aliphatic heterocycles. The smallest absolute Gasteiger partial charge is 0.338 e. The second kappa shape index (κ2) is 8.84. The molecular formula is C19H21NO6. The third kappa shape index (κ3) is 4.30. The van der Waals surface area contributed by atoms with Gasteiger partial charge in [0.25, 0.3) is 5.69 Å². The lowest BCUT2D eigenvalue weighted by molar-refractivity contribution is -0.384. The Morgan fingerprint density at radius 2 is 1.88 bits per heavy atom. The van der Waals surface area contributed by atoms with E-state index in [0.29, 0.717) is 35.5 Å². The van der Waals surface area contributed by atoms with Gasteiger partial charge in [-0.15, -0.1) is 0 Å². The Morgan fingerprint density at radius 3 is 2.50 bits per heavy atom. The molecule has 26 heavy (non-hydrogen) atoms. The summed E-state index contributed by atoms with van der Waals surface area (Å²) in [5.74, 6) is 0.528. The van der Waals surface area contributed by atoms with Crippen molar-refractivity contribution in [2.24, 2.45) is 0 Å². The molecule has 0 atom stereocenters. The van der Waals surface area contributed by atoms with Gasteiger partial charge in [-0.05, 0) is 37.5 Å². The number of methoxy groups -OCH3 is 2. The number of hydrogen-bond donors (Lipinski definition) is 0. The summed E-state index contributed by atoms with van der Waals surface area (Å²) in [7, 11) is 3.02. The fourth-order valence-electron chi connectivity index (χ4n) is 2.73. The van der Waals surface area contributed by atoms with E-state index in [0.717, 1.165) is 5.56 Å². The van der Waals surface area contributed by atoms with E-state index in [1.54, 1.807) is 25.1 Å². The zero-order chi connectivity index (χ0) is 19.1. The van der Waals surface area contributed by atoms with E-state index < -0.39 is 10.9 Å². The first-order valence-corrected chi connectivity index (χ1v) is 8.16. The first-order chi connectivity index (χ1) is 12.5. The quantitative estimate of drug-likeness (QED) is 0.407. The number of carbonyl (C=O) groups excluding carboxylic acids is 1. The van der Waals surface area contributed by atoms with Crippen LogP contribution < -0.4 is 9.47 Å². The third-order valence-corrected chi connectivity index (χ3v) is 3.93. The molecule has 2 aromatic rings. The van der Waals surface area contributed by atoms with Crippen molar-refractivity contribution in [1.82, 2.24) is 0 Å². The summed E-state index contributed by atoms with van der Waals surface area (Å²) in [6.07, 6.45) is 0.938. The van der Waals surface area contributed by atoms with Crippen molar-refractivity contribution in [1.29, 1.82) is 0 Å². The van der Waals surface area contributed by atoms with Gasteiger partial charge in [-0.3, -0.25) is 10.1 Å². The van der Waals surface area contributed by atoms with Gasteiger partial charge in [-0.1, -0.05) is 12.1 Å². The summed E-state index contributed by atoms with van der Waals surface area (Å²) in [6, 6.07) is 9.71. The van der Waals surface area contributed by atoms with Gasteiger partial charge in [-0.25, -0.2) is 4.79 Å². The first-order valence-electron chi connectivity index (χ1n) is 8.16. The topological polar surface area (TPSA) is 87.9 Å². The lowest BCUT2D eigenvalue weighted by Gasteiger charge is -2.16. The van der Waals surface area contributed by atoms with Crippen molar-refractivity contribution in [3.8, 4) is 11.5 Å². The van der Waals surface area contributed by atoms with Crippen LogP contribution >= 0.6 is 0 Å². The number of ether oxygens (including phenoxy) is 3. The first kappa shape index (κ1) is 19.2. The average molecular weight is 359 g/mol. The highest BCUT2D eigenvalue weighted by Crippen LogP contribution is 2.35. The number of benzene rings is 2. The van der Waals surface area contributed by atoms with Gasteiger partial charge in [0.2, 0.25) is 0 Å². The van der Waals surface area contributed by atoms with E-state index in [9.17, 15) is 14.9 Å². The predicted octanol–water partition coefficient (Wildman–Crippen LogP) is 3.57. The fourth-order valence-corrected chi connectivity index (χ4v) is 2.73. The molecule has 7 nitrogen and oxygen atoms in total. The molecule has 0 spiro atoms. The van der Waals surface area contributed by atoms with E-state index >= 15 is 0 Å². The van der Waals surface area contributed by atoms with Gasteiger partial charge in [-0.2, -0.15) is 0 Å². The molecule has 0 aliphatic carbocycles. The van der Waals surface area contributed by atoms with E-state index in [1.807, 2.05) is 6.07 Å². The molecule has 0 amide bonds. The zero-order valence-corrected chi connectivity index (χ0v) is 15.0. The summed E-state index contributed by atoms with van der Waals surface area (Å²) in [4.78, 5) is 22.8. The van der Waals surface area contributed by atoms with Crippen LogP contribution in [0, 0.1) is 10.1 Å². The molecule has 7 heteroatoms. The van der Waals surface area contributed by atoms with Crippen LogP contribution in [0.5, 0.6) is 11.5 Å². The van der Waals surface area contributed by atoms with Gasteiger partial charge < -0.3 is 14.2 Å². The van der Waals surface area contributed by atoms with E-state index in [4.69, 9.17) is 14.2 Å². The summed E-state index contributed by atoms with van der Waals surface area (Å²) in [5.41, 5.74) is 1.87. The van der Waals surface area contributed by atoms with Crippen LogP contribution in [0.15, 0.2) is 36.4 Å². The molecule has 0 aromatic heterocycles. The van der Waals surface area contributed by atoms with Crippen molar-refractivity contribution in [3.05, 3.63) is 63.2 Å². The molecule has 0 unspecified atom stereocenters. The minimum Gasteiger partial charge on any atom is -0.493 e. The summed E-state index contributed by atoms with van der Waals surface area (Å²) in [5, 5.41) is 10.9. The molecule has 0 saturated carbocycles. The van der Waals surface area contributed by atoms with Crippen LogP contribution in [-0.4, -0.2) is 31.7 Å². The fraction of sp³-hybridized carbons (Fsp3) is 0.316. The van der Waals surface area contributed by atoms with E-state index in [1.165, 1.54) is 26.4 Å². The Morgan fingerprint density at radius 1 is 1.12 bits per heavy atom. The molecule has 0 heterocycles. The Labute approximate surface area is 151 Å². The largest absolute Gasteiger partial charge is 0.493 e. The standard InChI is InChI=1S/C19H21NO6/c1-4-26-19(21)16-10-11-17(24-2)18(25-3)15(16)9-8-13-6-5-7-14(12-13)20(22)23/h5-7,10-12H,4,8-9H2,1-3H3. The van der Waals surface area contributed by atoms with Crippen molar-refractivity contribution in [2.75, 3.05) is 20.8 Å². The van der Waals surface area contributed by atoms with Gasteiger partial charge in [0.15, 0.2) is 11.5 Å². The van der Waals surface area contributed by atoms with Crippen LogP contribution in [-0.2, 0) is 17.6 Å². The van der Waals surface area contributed by atoms with Crippen LogP contribution in [0.2, 0.25) is 0 Å². The highest BCUT2D eigenvalue weighted by atomic mass is 16.6. The Balaban J connectivity index is 2.38. The minimum absolute atomic E-state index is 0.0331. The number of hydrogen-bond acceptors (Lipinski definition) is 6. The SMILES string of the molecule is CCOC(=O)c1ccc(OC)c(OC)c1CCc1cccc([N+](=O)[O-])c1. The second-order valence-electron chi connectivity index (χ2n) is 5.47. The minimum atomic E-state index is -0.442. The van der Waals surface area contributed by atoms with Gasteiger partial charge >= 0.3 is 5.97 Å². The van der Waals surface area contributed by atoms with Gasteiger partial charge in [0.1, 0.15) is 0 Å². The predicted molar refractivity (Wildman–Crippen MR) is 96.0 cm³/mol. The molecule has 0 saturated heterocycles. The monoisotopic (exact) mass is 359 g/mol. The molecular weight excluding hydrogens is 338 g/mol. The highest BCUT2D eigenvalue weighted by Gasteiger charge is 2.20. The Hall–Kier alpha value is -3.09. The Bertz CT molecular complexity index is 803. The number of rotatable bonds is 8. The summed E-state index contributed by atoms with van der Waals surface area (Å²) >= 11 is 0. The lowest BCUT2D eigenvalue weighted by atomic mass is 9.98. The molecule has 0 bridgehead atoms. The number of esters is 1. The van der Waals surface area contributed by atoms with Crippen molar-refractivity contribution in [2.45, 2.75) is 19.8 Å². The molecule has 0 fully saturated rings. The number of aryl methyl sites for hydroxylation is 1. The Kier molecular flexibility index (Phi) is 6.54. The summed E-state index contributed by atoms with van der Waals surface area (Å²) < 4.78 is 15.9. The van der Waals surface area contributed by atoms with Crippen LogP contribution in [0.4, 0.5) is 5.69 Å². The van der Waals surface area contributed by atoms with Crippen LogP contribution in [0.25, 0.3) is 0 Å². The molecule has 138 valence electrons. The number of nitro groups is 1. The van der Waals surface area contributed by atoms with Crippen molar-refractivity contribution < 1.29 is 23.9 Å². The molecule has 2 aromatic carbocycles. The highest BCUT2D eigenvalue weighted by molar-refractivity contribution is 5.92. The number of non-ortho nitro benzene ring substituents is 1. The van der Waals surface area contributed by atoms with E-state index in [-0.39, 0.29) is 12.3 Å². The number of nitrogens with zero attached hydrogens (tertiary/aromatic N) is 1. The third-order valence-electron chi connectivity index (χ3n) is 3.93. The number of nitro benzene ring substituents is 1.